The fourth-order valence-corrected chi connectivity index (χ4v) is 1.97. The van der Waals surface area contributed by atoms with Crippen LogP contribution in [0.1, 0.15) is 50.7 Å². The lowest BCUT2D eigenvalue weighted by Crippen LogP contribution is -2.16. The maximum Gasteiger partial charge on any atom is 0.101 e. The Morgan fingerprint density at radius 1 is 1.35 bits per heavy atom. The largest absolute Gasteiger partial charge is 0.381 e. The summed E-state index contributed by atoms with van der Waals surface area (Å²) in [5.74, 6) is 0. The molecule has 1 unspecified atom stereocenters. The second-order valence-corrected chi connectivity index (χ2v) is 4.65. The third-order valence-electron chi connectivity index (χ3n) is 3.02. The normalized spacial score (nSPS) is 11.9. The molecular weight excluding hydrogens is 208 g/mol. The van der Waals surface area contributed by atoms with Crippen molar-refractivity contribution in [2.24, 2.45) is 0 Å². The van der Waals surface area contributed by atoms with Gasteiger partial charge in [0.05, 0.1) is 11.3 Å². The van der Waals surface area contributed by atoms with E-state index in [1.807, 2.05) is 25.1 Å². The Bertz CT molecular complexity index is 390. The van der Waals surface area contributed by atoms with E-state index in [4.69, 9.17) is 5.26 Å². The Hall–Kier alpha value is -1.49. The van der Waals surface area contributed by atoms with E-state index in [1.165, 1.54) is 19.3 Å². The molecule has 1 atom stereocenters. The van der Waals surface area contributed by atoms with E-state index < -0.39 is 0 Å². The number of nitriles is 1. The third kappa shape index (κ3) is 4.11. The van der Waals surface area contributed by atoms with Gasteiger partial charge in [0.25, 0.3) is 0 Å². The average Bonchev–Trinajstić information content (AvgIpc) is 2.32. The van der Waals surface area contributed by atoms with E-state index in [2.05, 4.69) is 25.2 Å². The van der Waals surface area contributed by atoms with Crippen LogP contribution < -0.4 is 5.32 Å². The van der Waals surface area contributed by atoms with Crippen LogP contribution in [0.4, 0.5) is 5.69 Å². The maximum absolute atomic E-state index is 9.08. The lowest BCUT2D eigenvalue weighted by atomic mass is 10.1. The number of unbranched alkanes of at least 4 members (excludes halogenated alkanes) is 2. The highest BCUT2D eigenvalue weighted by Gasteiger charge is 2.08. The Balaban J connectivity index is 2.64. The summed E-state index contributed by atoms with van der Waals surface area (Å²) in [7, 11) is 0. The van der Waals surface area contributed by atoms with Crippen LogP contribution in [0.3, 0.4) is 0 Å². The molecule has 0 aliphatic rings. The van der Waals surface area contributed by atoms with Crippen LogP contribution in [-0.4, -0.2) is 6.04 Å². The first-order valence-electron chi connectivity index (χ1n) is 6.45. The van der Waals surface area contributed by atoms with Crippen molar-refractivity contribution in [2.45, 2.75) is 52.5 Å². The van der Waals surface area contributed by atoms with Gasteiger partial charge >= 0.3 is 0 Å². The zero-order chi connectivity index (χ0) is 12.7. The van der Waals surface area contributed by atoms with Crippen LogP contribution in [-0.2, 0) is 0 Å². The number of hydrogen-bond donors (Lipinski definition) is 1. The minimum Gasteiger partial charge on any atom is -0.381 e. The standard InChI is InChI=1S/C15H22N2/c1-4-5-6-9-13(3)17-15-12(2)8-7-10-14(15)11-16/h7-8,10,13,17H,4-6,9H2,1-3H3. The molecule has 1 N–H and O–H groups in total. The fraction of sp³-hybridized carbons (Fsp3) is 0.533. The molecule has 0 saturated carbocycles. The van der Waals surface area contributed by atoms with Gasteiger partial charge < -0.3 is 5.32 Å². The summed E-state index contributed by atoms with van der Waals surface area (Å²) in [6.45, 7) is 6.44. The summed E-state index contributed by atoms with van der Waals surface area (Å²) in [5.41, 5.74) is 2.89. The third-order valence-corrected chi connectivity index (χ3v) is 3.02. The van der Waals surface area contributed by atoms with Gasteiger partial charge in [0.15, 0.2) is 0 Å². The molecule has 0 heterocycles. The van der Waals surface area contributed by atoms with Crippen molar-refractivity contribution >= 4 is 5.69 Å². The van der Waals surface area contributed by atoms with E-state index in [0.717, 1.165) is 23.2 Å². The fourth-order valence-electron chi connectivity index (χ4n) is 1.97. The van der Waals surface area contributed by atoms with E-state index in [0.29, 0.717) is 6.04 Å². The molecule has 0 bridgehead atoms. The molecule has 92 valence electrons. The smallest absolute Gasteiger partial charge is 0.101 e. The molecule has 0 spiro atoms. The molecule has 0 fully saturated rings. The van der Waals surface area contributed by atoms with E-state index >= 15 is 0 Å². The van der Waals surface area contributed by atoms with Gasteiger partial charge in [-0.05, 0) is 31.9 Å². The molecule has 0 aliphatic heterocycles. The Kier molecular flexibility index (Phi) is 5.56. The number of hydrogen-bond acceptors (Lipinski definition) is 2. The van der Waals surface area contributed by atoms with Crippen molar-refractivity contribution in [1.82, 2.24) is 0 Å². The SMILES string of the molecule is CCCCCC(C)Nc1c(C)cccc1C#N. The summed E-state index contributed by atoms with van der Waals surface area (Å²) in [5, 5.41) is 12.5. The first-order chi connectivity index (χ1) is 8.19. The Labute approximate surface area is 105 Å². The summed E-state index contributed by atoms with van der Waals surface area (Å²) in [4.78, 5) is 0. The van der Waals surface area contributed by atoms with Crippen LogP contribution in [0.2, 0.25) is 0 Å². The molecule has 17 heavy (non-hydrogen) atoms. The second-order valence-electron chi connectivity index (χ2n) is 4.65. The number of nitrogens with zero attached hydrogens (tertiary/aromatic N) is 1. The van der Waals surface area contributed by atoms with Gasteiger partial charge in [-0.1, -0.05) is 38.3 Å². The van der Waals surface area contributed by atoms with Gasteiger partial charge in [-0.2, -0.15) is 5.26 Å². The molecule has 0 aromatic heterocycles. The number of para-hydroxylation sites is 1. The van der Waals surface area contributed by atoms with Crippen molar-refractivity contribution in [3.05, 3.63) is 29.3 Å². The number of anilines is 1. The van der Waals surface area contributed by atoms with Crippen LogP contribution in [0.25, 0.3) is 0 Å². The minimum atomic E-state index is 0.426. The zero-order valence-corrected chi connectivity index (χ0v) is 11.1. The molecule has 1 rings (SSSR count). The molecule has 2 nitrogen and oxygen atoms in total. The predicted octanol–water partition coefficient (Wildman–Crippen LogP) is 4.25. The first-order valence-corrected chi connectivity index (χ1v) is 6.45. The number of nitrogens with one attached hydrogen (secondary N) is 1. The summed E-state index contributed by atoms with van der Waals surface area (Å²) in [6.07, 6.45) is 4.94. The van der Waals surface area contributed by atoms with Crippen LogP contribution in [0.15, 0.2) is 18.2 Å². The molecule has 1 aromatic rings. The predicted molar refractivity (Wildman–Crippen MR) is 73.1 cm³/mol. The molecule has 0 aliphatic carbocycles. The molecule has 0 saturated heterocycles. The second kappa shape index (κ2) is 6.96. The van der Waals surface area contributed by atoms with Crippen LogP contribution in [0, 0.1) is 18.3 Å². The highest BCUT2D eigenvalue weighted by atomic mass is 14.9. The Morgan fingerprint density at radius 3 is 2.76 bits per heavy atom. The highest BCUT2D eigenvalue weighted by Crippen LogP contribution is 2.21. The van der Waals surface area contributed by atoms with Crippen LogP contribution >= 0.6 is 0 Å². The summed E-state index contributed by atoms with van der Waals surface area (Å²) in [6, 6.07) is 8.52. The van der Waals surface area contributed by atoms with E-state index in [9.17, 15) is 0 Å². The van der Waals surface area contributed by atoms with Gasteiger partial charge in [0, 0.05) is 6.04 Å². The molecule has 1 aromatic carbocycles. The quantitative estimate of drug-likeness (QED) is 0.742. The monoisotopic (exact) mass is 230 g/mol. The van der Waals surface area contributed by atoms with Crippen molar-refractivity contribution in [3.8, 4) is 6.07 Å². The minimum absolute atomic E-state index is 0.426. The zero-order valence-electron chi connectivity index (χ0n) is 11.1. The molecule has 2 heteroatoms. The van der Waals surface area contributed by atoms with Gasteiger partial charge in [0.1, 0.15) is 6.07 Å². The number of rotatable bonds is 6. The lowest BCUT2D eigenvalue weighted by Gasteiger charge is -2.18. The van der Waals surface area contributed by atoms with Crippen molar-refractivity contribution in [2.75, 3.05) is 5.32 Å². The lowest BCUT2D eigenvalue weighted by molar-refractivity contribution is 0.615. The van der Waals surface area contributed by atoms with Crippen molar-refractivity contribution in [3.63, 3.8) is 0 Å². The summed E-state index contributed by atoms with van der Waals surface area (Å²) < 4.78 is 0. The first kappa shape index (κ1) is 13.6. The molecule has 0 radical (unpaired) electrons. The van der Waals surface area contributed by atoms with Gasteiger partial charge in [0.2, 0.25) is 0 Å². The Morgan fingerprint density at radius 2 is 2.12 bits per heavy atom. The van der Waals surface area contributed by atoms with Crippen molar-refractivity contribution < 1.29 is 0 Å². The van der Waals surface area contributed by atoms with Gasteiger partial charge in [-0.25, -0.2) is 0 Å². The highest BCUT2D eigenvalue weighted by molar-refractivity contribution is 5.62. The van der Waals surface area contributed by atoms with Crippen LogP contribution in [0.5, 0.6) is 0 Å². The molecular formula is C15H22N2. The van der Waals surface area contributed by atoms with Gasteiger partial charge in [-0.3, -0.25) is 0 Å². The van der Waals surface area contributed by atoms with E-state index in [1.54, 1.807) is 0 Å². The number of aryl methyl sites for hydroxylation is 1. The maximum atomic E-state index is 9.08. The average molecular weight is 230 g/mol. The topological polar surface area (TPSA) is 35.8 Å². The van der Waals surface area contributed by atoms with Gasteiger partial charge in [-0.15, -0.1) is 0 Å². The molecule has 0 amide bonds. The van der Waals surface area contributed by atoms with Crippen molar-refractivity contribution in [1.29, 1.82) is 5.26 Å². The number of benzene rings is 1. The summed E-state index contributed by atoms with van der Waals surface area (Å²) >= 11 is 0. The van der Waals surface area contributed by atoms with E-state index in [-0.39, 0.29) is 0 Å².